The molecule has 0 atom stereocenters. The number of hydrogen-bond acceptors (Lipinski definition) is 5. The zero-order valence-corrected chi connectivity index (χ0v) is 11.1. The summed E-state index contributed by atoms with van der Waals surface area (Å²) in [6, 6.07) is 4.79. The van der Waals surface area contributed by atoms with Gasteiger partial charge in [-0.25, -0.2) is 0 Å². The molecule has 0 aliphatic carbocycles. The number of rotatable bonds is 7. The molecule has 6 nitrogen and oxygen atoms in total. The van der Waals surface area contributed by atoms with Crippen molar-refractivity contribution in [3.05, 3.63) is 28.3 Å². The van der Waals surface area contributed by atoms with E-state index in [1.807, 2.05) is 0 Å². The van der Waals surface area contributed by atoms with Crippen LogP contribution in [0.1, 0.15) is 0 Å². The first-order chi connectivity index (χ1) is 8.19. The average Bonchev–Trinajstić information content (AvgIpc) is 2.34. The van der Waals surface area contributed by atoms with Gasteiger partial charge in [-0.15, -0.1) is 0 Å². The second kappa shape index (κ2) is 7.27. The number of ether oxygens (including phenoxy) is 1. The van der Waals surface area contributed by atoms with Crippen molar-refractivity contribution in [3.8, 4) is 5.75 Å². The summed E-state index contributed by atoms with van der Waals surface area (Å²) in [4.78, 5) is 10.5. The van der Waals surface area contributed by atoms with E-state index < -0.39 is 4.92 Å². The van der Waals surface area contributed by atoms with Crippen LogP contribution in [0.15, 0.2) is 18.2 Å². The molecule has 93 valence electrons. The summed E-state index contributed by atoms with van der Waals surface area (Å²) in [5.74, 6) is 0.406. The molecule has 0 aliphatic heterocycles. The van der Waals surface area contributed by atoms with Crippen LogP contribution in [0.2, 0.25) is 5.21 Å². The molecule has 0 heterocycles. The first kappa shape index (κ1) is 14.0. The summed E-state index contributed by atoms with van der Waals surface area (Å²) in [5.41, 5.74) is 5.48. The van der Waals surface area contributed by atoms with Crippen molar-refractivity contribution in [2.45, 2.75) is 5.21 Å². The van der Waals surface area contributed by atoms with Crippen LogP contribution in [-0.4, -0.2) is 45.5 Å². The molecule has 1 aromatic carbocycles. The Balaban J connectivity index is 2.87. The summed E-state index contributed by atoms with van der Waals surface area (Å²) in [6.45, 7) is 0.557. The third-order valence-electron chi connectivity index (χ3n) is 1.91. The third kappa shape index (κ3) is 4.34. The molecular weight excluding hydrogens is 287 g/mol. The van der Waals surface area contributed by atoms with E-state index in [-0.39, 0.29) is 34.7 Å². The Kier molecular flexibility index (Phi) is 5.97. The molecule has 1 aromatic rings. The van der Waals surface area contributed by atoms with Crippen molar-refractivity contribution < 1.29 is 14.8 Å². The molecule has 0 saturated heterocycles. The molecule has 0 bridgehead atoms. The molecule has 0 saturated carbocycles. The van der Waals surface area contributed by atoms with Gasteiger partial charge >= 0.3 is 105 Å². The predicted octanol–water partition coefficient (Wildman–Crippen LogP) is -0.328. The van der Waals surface area contributed by atoms with Gasteiger partial charge in [0.1, 0.15) is 0 Å². The first-order valence-corrected chi connectivity index (χ1v) is 7.35. The minimum absolute atomic E-state index is 0.0777. The van der Waals surface area contributed by atoms with Gasteiger partial charge in [0, 0.05) is 0 Å². The van der Waals surface area contributed by atoms with E-state index in [1.165, 1.54) is 6.07 Å². The fourth-order valence-electron chi connectivity index (χ4n) is 1.22. The van der Waals surface area contributed by atoms with E-state index in [9.17, 15) is 10.1 Å². The van der Waals surface area contributed by atoms with Crippen LogP contribution in [-0.2, 0) is 0 Å². The Morgan fingerprint density at radius 2 is 2.29 bits per heavy atom. The van der Waals surface area contributed by atoms with Crippen molar-refractivity contribution >= 4 is 25.8 Å². The van der Waals surface area contributed by atoms with Gasteiger partial charge in [-0.05, 0) is 0 Å². The number of aliphatic hydroxyl groups is 1. The van der Waals surface area contributed by atoms with E-state index in [0.29, 0.717) is 12.3 Å². The zero-order valence-electron chi connectivity index (χ0n) is 9.20. The van der Waals surface area contributed by atoms with E-state index in [1.54, 1.807) is 12.1 Å². The van der Waals surface area contributed by atoms with E-state index in [0.717, 1.165) is 9.56 Å². The predicted molar refractivity (Wildman–Crippen MR) is 64.9 cm³/mol. The number of nitrogens with two attached hydrogens (primary N) is 1. The van der Waals surface area contributed by atoms with Gasteiger partial charge in [0.05, 0.1) is 0 Å². The number of hydrogen-bond donors (Lipinski definition) is 2. The number of aliphatic hydroxyl groups excluding tert-OH is 1. The Morgan fingerprint density at radius 1 is 1.53 bits per heavy atom. The van der Waals surface area contributed by atoms with Gasteiger partial charge in [0.15, 0.2) is 0 Å². The van der Waals surface area contributed by atoms with Crippen LogP contribution < -0.4 is 14.8 Å². The van der Waals surface area contributed by atoms with Crippen LogP contribution in [0.3, 0.4) is 0 Å². The molecule has 0 unspecified atom stereocenters. The zero-order chi connectivity index (χ0) is 12.7. The molecule has 0 aliphatic rings. The Morgan fingerprint density at radius 3 is 2.88 bits per heavy atom. The average molecular weight is 301 g/mol. The van der Waals surface area contributed by atoms with Crippen LogP contribution >= 0.6 is 0 Å². The summed E-state index contributed by atoms with van der Waals surface area (Å²) >= 11 is -0.278. The van der Waals surface area contributed by atoms with Gasteiger partial charge in [-0.3, -0.25) is 0 Å². The van der Waals surface area contributed by atoms with Gasteiger partial charge in [0.25, 0.3) is 0 Å². The SMILES string of the molecule is NCC[As]c1ccc(OCCO)cc1[N+](=O)[O-]. The molecule has 0 fully saturated rings. The first-order valence-electron chi connectivity index (χ1n) is 5.08. The quantitative estimate of drug-likeness (QED) is 0.408. The molecule has 0 spiro atoms. The third-order valence-corrected chi connectivity index (χ3v) is 4.43. The Labute approximate surface area is 106 Å². The van der Waals surface area contributed by atoms with E-state index in [4.69, 9.17) is 15.6 Å². The topological polar surface area (TPSA) is 98.6 Å². The van der Waals surface area contributed by atoms with Crippen molar-refractivity contribution in [3.63, 3.8) is 0 Å². The van der Waals surface area contributed by atoms with Gasteiger partial charge in [0.2, 0.25) is 0 Å². The summed E-state index contributed by atoms with van der Waals surface area (Å²) in [5, 5.41) is 20.3. The second-order valence-corrected chi connectivity index (χ2v) is 5.76. The Bertz CT molecular complexity index is 387. The summed E-state index contributed by atoms with van der Waals surface area (Å²) < 4.78 is 5.88. The number of nitro benzene ring substituents is 1. The molecule has 3 N–H and O–H groups in total. The molecule has 17 heavy (non-hydrogen) atoms. The normalized spacial score (nSPS) is 10.9. The molecule has 1 rings (SSSR count). The standard InChI is InChI=1S/C10H14AsN2O4/c12-4-3-11-9-2-1-8(17-6-5-14)7-10(9)13(15)16/h1-2,7,14H,3-6,12H2. The van der Waals surface area contributed by atoms with Gasteiger partial charge < -0.3 is 0 Å². The fourth-order valence-corrected chi connectivity index (χ4v) is 3.02. The number of nitrogens with zero attached hydrogens (tertiary/aromatic N) is 1. The van der Waals surface area contributed by atoms with Crippen LogP contribution in [0.25, 0.3) is 0 Å². The van der Waals surface area contributed by atoms with Gasteiger partial charge in [-0.1, -0.05) is 0 Å². The summed E-state index contributed by atoms with van der Waals surface area (Å²) in [7, 11) is 0. The fraction of sp³-hybridized carbons (Fsp3) is 0.400. The second-order valence-electron chi connectivity index (χ2n) is 3.15. The van der Waals surface area contributed by atoms with Crippen LogP contribution in [0, 0.1) is 10.1 Å². The van der Waals surface area contributed by atoms with Crippen molar-refractivity contribution in [2.75, 3.05) is 19.8 Å². The minimum atomic E-state index is -0.409. The summed E-state index contributed by atoms with van der Waals surface area (Å²) in [6.07, 6.45) is 0. The van der Waals surface area contributed by atoms with E-state index >= 15 is 0 Å². The van der Waals surface area contributed by atoms with Crippen LogP contribution in [0.4, 0.5) is 5.69 Å². The molecular formula is C10H14AsN2O4. The molecule has 0 aromatic heterocycles. The molecule has 1 radical (unpaired) electrons. The van der Waals surface area contributed by atoms with Crippen molar-refractivity contribution in [1.29, 1.82) is 0 Å². The maximum atomic E-state index is 10.9. The van der Waals surface area contributed by atoms with E-state index in [2.05, 4.69) is 0 Å². The van der Waals surface area contributed by atoms with Gasteiger partial charge in [-0.2, -0.15) is 0 Å². The van der Waals surface area contributed by atoms with Crippen molar-refractivity contribution in [2.24, 2.45) is 5.73 Å². The number of nitro groups is 1. The number of benzene rings is 1. The maximum absolute atomic E-state index is 10.9. The van der Waals surface area contributed by atoms with Crippen molar-refractivity contribution in [1.82, 2.24) is 0 Å². The Hall–Kier alpha value is -1.10. The van der Waals surface area contributed by atoms with Crippen LogP contribution in [0.5, 0.6) is 5.75 Å². The molecule has 7 heteroatoms. The monoisotopic (exact) mass is 301 g/mol. The molecule has 0 amide bonds.